The zero-order chi connectivity index (χ0) is 19.5. The Morgan fingerprint density at radius 2 is 2.00 bits per heavy atom. The Balaban J connectivity index is 1.85. The third-order valence-electron chi connectivity index (χ3n) is 4.04. The standard InChI is InChI=1S/C17H19F3N2O4/c1-10(21-15(24)11-9-22(2)16(25)14(11)23)7-8-26-13-6-4-3-5-12(13)17(18,19)20/h3-6,10-11H,7-9H2,1-2H3,(H,21,24). The highest BCUT2D eigenvalue weighted by Gasteiger charge is 2.41. The largest absolute Gasteiger partial charge is 0.493 e. The predicted octanol–water partition coefficient (Wildman–Crippen LogP) is 1.64. The summed E-state index contributed by atoms with van der Waals surface area (Å²) in [6.07, 6.45) is -4.28. The first-order valence-electron chi connectivity index (χ1n) is 8.00. The van der Waals surface area contributed by atoms with Crippen molar-refractivity contribution in [3.8, 4) is 5.75 Å². The fraction of sp³-hybridized carbons (Fsp3) is 0.471. The quantitative estimate of drug-likeness (QED) is 0.608. The van der Waals surface area contributed by atoms with Gasteiger partial charge < -0.3 is 15.0 Å². The maximum Gasteiger partial charge on any atom is 0.419 e. The summed E-state index contributed by atoms with van der Waals surface area (Å²) in [5.74, 6) is -3.37. The molecule has 1 aliphatic rings. The van der Waals surface area contributed by atoms with Gasteiger partial charge in [-0.1, -0.05) is 12.1 Å². The van der Waals surface area contributed by atoms with Crippen molar-refractivity contribution < 1.29 is 32.3 Å². The number of halogens is 3. The van der Waals surface area contributed by atoms with E-state index in [9.17, 15) is 27.6 Å². The van der Waals surface area contributed by atoms with Gasteiger partial charge in [-0.25, -0.2) is 0 Å². The van der Waals surface area contributed by atoms with Crippen LogP contribution < -0.4 is 10.1 Å². The van der Waals surface area contributed by atoms with E-state index < -0.39 is 41.3 Å². The van der Waals surface area contributed by atoms with Crippen LogP contribution in [-0.4, -0.2) is 48.7 Å². The van der Waals surface area contributed by atoms with E-state index in [1.165, 1.54) is 30.1 Å². The van der Waals surface area contributed by atoms with Crippen LogP contribution in [0.15, 0.2) is 24.3 Å². The molecule has 1 heterocycles. The Kier molecular flexibility index (Phi) is 5.89. The van der Waals surface area contributed by atoms with Crippen LogP contribution in [0, 0.1) is 5.92 Å². The summed E-state index contributed by atoms with van der Waals surface area (Å²) in [7, 11) is 1.43. The van der Waals surface area contributed by atoms with Gasteiger partial charge in [0.1, 0.15) is 11.7 Å². The Bertz CT molecular complexity index is 705. The minimum absolute atomic E-state index is 0.0195. The number of amides is 2. The third-order valence-corrected chi connectivity index (χ3v) is 4.04. The normalized spacial score (nSPS) is 18.8. The smallest absolute Gasteiger partial charge is 0.419 e. The molecule has 0 radical (unpaired) electrons. The average molecular weight is 372 g/mol. The monoisotopic (exact) mass is 372 g/mol. The molecule has 1 saturated heterocycles. The predicted molar refractivity (Wildman–Crippen MR) is 85.3 cm³/mol. The second-order valence-corrected chi connectivity index (χ2v) is 6.14. The number of likely N-dealkylation sites (tertiary alicyclic amines) is 1. The summed E-state index contributed by atoms with van der Waals surface area (Å²) in [5.41, 5.74) is -0.866. The summed E-state index contributed by atoms with van der Waals surface area (Å²) in [6.45, 7) is 1.61. The molecule has 0 aliphatic carbocycles. The Morgan fingerprint density at radius 3 is 2.58 bits per heavy atom. The average Bonchev–Trinajstić information content (AvgIpc) is 2.82. The van der Waals surface area contributed by atoms with Crippen molar-refractivity contribution in [3.63, 3.8) is 0 Å². The molecule has 0 bridgehead atoms. The number of likely N-dealkylation sites (N-methyl/N-ethyl adjacent to an activating group) is 1. The first-order chi connectivity index (χ1) is 12.1. The molecule has 1 fully saturated rings. The number of benzene rings is 1. The maximum absolute atomic E-state index is 12.9. The molecule has 26 heavy (non-hydrogen) atoms. The number of nitrogens with one attached hydrogen (secondary N) is 1. The van der Waals surface area contributed by atoms with Crippen molar-refractivity contribution in [1.29, 1.82) is 0 Å². The zero-order valence-corrected chi connectivity index (χ0v) is 14.3. The lowest BCUT2D eigenvalue weighted by molar-refractivity contribution is -0.142. The number of nitrogens with zero attached hydrogens (tertiary/aromatic N) is 1. The van der Waals surface area contributed by atoms with E-state index in [1.54, 1.807) is 6.92 Å². The zero-order valence-electron chi connectivity index (χ0n) is 14.3. The maximum atomic E-state index is 12.9. The molecule has 2 unspecified atom stereocenters. The topological polar surface area (TPSA) is 75.7 Å². The van der Waals surface area contributed by atoms with E-state index >= 15 is 0 Å². The van der Waals surface area contributed by atoms with Gasteiger partial charge in [-0.05, 0) is 19.1 Å². The summed E-state index contributed by atoms with van der Waals surface area (Å²) in [6, 6.07) is 4.43. The lowest BCUT2D eigenvalue weighted by Crippen LogP contribution is -2.41. The van der Waals surface area contributed by atoms with Crippen LogP contribution in [0.25, 0.3) is 0 Å². The third kappa shape index (κ3) is 4.53. The van der Waals surface area contributed by atoms with Crippen molar-refractivity contribution in [3.05, 3.63) is 29.8 Å². The summed E-state index contributed by atoms with van der Waals surface area (Å²) in [4.78, 5) is 36.4. The lowest BCUT2D eigenvalue weighted by Gasteiger charge is -2.18. The molecule has 2 rings (SSSR count). The molecule has 2 amide bonds. The number of Topliss-reactive ketones (excluding diaryl/α,β-unsaturated/α-hetero) is 1. The highest BCUT2D eigenvalue weighted by molar-refractivity contribution is 6.42. The van der Waals surface area contributed by atoms with Crippen LogP contribution >= 0.6 is 0 Å². The Labute approximate surface area is 148 Å². The highest BCUT2D eigenvalue weighted by Crippen LogP contribution is 2.35. The summed E-state index contributed by atoms with van der Waals surface area (Å²) >= 11 is 0. The van der Waals surface area contributed by atoms with Gasteiger partial charge in [-0.2, -0.15) is 13.2 Å². The minimum atomic E-state index is -4.52. The lowest BCUT2D eigenvalue weighted by atomic mass is 10.1. The van der Waals surface area contributed by atoms with Gasteiger partial charge in [0.2, 0.25) is 11.7 Å². The summed E-state index contributed by atoms with van der Waals surface area (Å²) < 4.78 is 43.8. The van der Waals surface area contributed by atoms with Gasteiger partial charge in [0.15, 0.2) is 0 Å². The molecule has 1 N–H and O–H groups in total. The second-order valence-electron chi connectivity index (χ2n) is 6.14. The number of hydrogen-bond acceptors (Lipinski definition) is 4. The van der Waals surface area contributed by atoms with Gasteiger partial charge in [0, 0.05) is 26.1 Å². The number of alkyl halides is 3. The number of rotatable bonds is 6. The van der Waals surface area contributed by atoms with E-state index in [1.807, 2.05) is 0 Å². The van der Waals surface area contributed by atoms with Crippen LogP contribution in [-0.2, 0) is 20.6 Å². The fourth-order valence-electron chi connectivity index (χ4n) is 2.57. The molecule has 2 atom stereocenters. The van der Waals surface area contributed by atoms with E-state index in [0.29, 0.717) is 0 Å². The molecule has 142 valence electrons. The molecule has 0 saturated carbocycles. The Hall–Kier alpha value is -2.58. The van der Waals surface area contributed by atoms with Crippen molar-refractivity contribution in [2.75, 3.05) is 20.2 Å². The van der Waals surface area contributed by atoms with E-state index in [2.05, 4.69) is 5.32 Å². The van der Waals surface area contributed by atoms with Gasteiger partial charge >= 0.3 is 6.18 Å². The highest BCUT2D eigenvalue weighted by atomic mass is 19.4. The SMILES string of the molecule is CC(CCOc1ccccc1C(F)(F)F)NC(=O)C1CN(C)C(=O)C1=O. The van der Waals surface area contributed by atoms with Crippen LogP contribution in [0.2, 0.25) is 0 Å². The molecular formula is C17H19F3N2O4. The van der Waals surface area contributed by atoms with Crippen molar-refractivity contribution in [2.24, 2.45) is 5.92 Å². The minimum Gasteiger partial charge on any atom is -0.493 e. The van der Waals surface area contributed by atoms with Gasteiger partial charge in [-0.15, -0.1) is 0 Å². The van der Waals surface area contributed by atoms with Crippen molar-refractivity contribution >= 4 is 17.6 Å². The fourth-order valence-corrected chi connectivity index (χ4v) is 2.57. The van der Waals surface area contributed by atoms with Crippen LogP contribution in [0.5, 0.6) is 5.75 Å². The van der Waals surface area contributed by atoms with Gasteiger partial charge in [-0.3, -0.25) is 14.4 Å². The second kappa shape index (κ2) is 7.76. The van der Waals surface area contributed by atoms with E-state index in [0.717, 1.165) is 6.07 Å². The van der Waals surface area contributed by atoms with Crippen LogP contribution in [0.3, 0.4) is 0 Å². The molecule has 0 spiro atoms. The van der Waals surface area contributed by atoms with Gasteiger partial charge in [0.05, 0.1) is 12.2 Å². The molecule has 1 aromatic carbocycles. The molecule has 9 heteroatoms. The number of carbonyl (C=O) groups is 3. The molecule has 1 aliphatic heterocycles. The van der Waals surface area contributed by atoms with Crippen molar-refractivity contribution in [1.82, 2.24) is 10.2 Å². The van der Waals surface area contributed by atoms with Crippen LogP contribution in [0.1, 0.15) is 18.9 Å². The van der Waals surface area contributed by atoms with Gasteiger partial charge in [0.25, 0.3) is 5.91 Å². The van der Waals surface area contributed by atoms with E-state index in [4.69, 9.17) is 4.74 Å². The van der Waals surface area contributed by atoms with Crippen molar-refractivity contribution in [2.45, 2.75) is 25.6 Å². The molecular weight excluding hydrogens is 353 g/mol. The molecule has 6 nitrogen and oxygen atoms in total. The first-order valence-corrected chi connectivity index (χ1v) is 8.00. The number of carbonyl (C=O) groups excluding carboxylic acids is 3. The molecule has 1 aromatic rings. The number of ether oxygens (including phenoxy) is 1. The number of para-hydroxylation sites is 1. The summed E-state index contributed by atoms with van der Waals surface area (Å²) in [5, 5.41) is 2.58. The van der Waals surface area contributed by atoms with E-state index in [-0.39, 0.29) is 25.3 Å². The molecule has 0 aromatic heterocycles. The number of ketones is 1. The Morgan fingerprint density at radius 1 is 1.35 bits per heavy atom. The number of hydrogen-bond donors (Lipinski definition) is 1. The first kappa shape index (κ1) is 19.7. The van der Waals surface area contributed by atoms with Crippen LogP contribution in [0.4, 0.5) is 13.2 Å².